The van der Waals surface area contributed by atoms with Crippen molar-refractivity contribution < 1.29 is 9.50 Å². The molecule has 0 aliphatic carbocycles. The lowest BCUT2D eigenvalue weighted by Crippen LogP contribution is -2.15. The van der Waals surface area contributed by atoms with Gasteiger partial charge in [0.2, 0.25) is 0 Å². The molecule has 2 aromatic rings. The maximum atomic E-state index is 13.3. The van der Waals surface area contributed by atoms with Gasteiger partial charge in [0.1, 0.15) is 11.9 Å². The van der Waals surface area contributed by atoms with Gasteiger partial charge in [-0.25, -0.2) is 4.39 Å². The molecule has 3 heteroatoms. The molecule has 0 saturated heterocycles. The van der Waals surface area contributed by atoms with E-state index < -0.39 is 6.10 Å². The van der Waals surface area contributed by atoms with Crippen LogP contribution in [0.5, 0.6) is 0 Å². The molecule has 0 bridgehead atoms. The predicted molar refractivity (Wildman–Crippen MR) is 87.9 cm³/mol. The third-order valence-corrected chi connectivity index (χ3v) is 4.76. The number of benzene rings is 2. The van der Waals surface area contributed by atoms with Gasteiger partial charge in [-0.1, -0.05) is 51.1 Å². The van der Waals surface area contributed by atoms with E-state index in [4.69, 9.17) is 0 Å². The molecular formula is C18H20BrFO. The van der Waals surface area contributed by atoms with Gasteiger partial charge in [0.25, 0.3) is 0 Å². The molecule has 0 amide bonds. The number of hydrogen-bond acceptors (Lipinski definition) is 1. The lowest BCUT2D eigenvalue weighted by Gasteiger charge is -2.24. The zero-order chi connectivity index (χ0) is 15.6. The monoisotopic (exact) mass is 350 g/mol. The third-order valence-electron chi connectivity index (χ3n) is 4.15. The number of hydrogen-bond donors (Lipinski definition) is 1. The number of aliphatic hydroxyl groups is 1. The summed E-state index contributed by atoms with van der Waals surface area (Å²) in [6.07, 6.45) is 0.306. The Morgan fingerprint density at radius 3 is 2.19 bits per heavy atom. The van der Waals surface area contributed by atoms with E-state index in [1.807, 2.05) is 12.1 Å². The zero-order valence-corrected chi connectivity index (χ0v) is 14.1. The molecule has 0 radical (unpaired) electrons. The SMILES string of the molecule is CCC(C)(C)c1ccc(C(O)c2ccc(F)c(Br)c2)cc1. The molecule has 1 nitrogen and oxygen atoms in total. The molecule has 2 aromatic carbocycles. The van der Waals surface area contributed by atoms with Crippen LogP contribution < -0.4 is 0 Å². The van der Waals surface area contributed by atoms with Crippen molar-refractivity contribution in [2.45, 2.75) is 38.7 Å². The molecule has 112 valence electrons. The van der Waals surface area contributed by atoms with Gasteiger partial charge in [-0.2, -0.15) is 0 Å². The molecule has 21 heavy (non-hydrogen) atoms. The second-order valence-corrected chi connectivity index (χ2v) is 6.79. The largest absolute Gasteiger partial charge is 0.384 e. The molecule has 1 unspecified atom stereocenters. The van der Waals surface area contributed by atoms with Crippen molar-refractivity contribution in [3.05, 3.63) is 69.4 Å². The van der Waals surface area contributed by atoms with Gasteiger partial charge in [0.05, 0.1) is 4.47 Å². The molecule has 0 saturated carbocycles. The van der Waals surface area contributed by atoms with Crippen molar-refractivity contribution in [1.82, 2.24) is 0 Å². The van der Waals surface area contributed by atoms with E-state index >= 15 is 0 Å². The number of halogens is 2. The van der Waals surface area contributed by atoms with E-state index in [1.54, 1.807) is 12.1 Å². The first-order valence-electron chi connectivity index (χ1n) is 7.08. The van der Waals surface area contributed by atoms with Crippen LogP contribution in [0.3, 0.4) is 0 Å². The minimum absolute atomic E-state index is 0.127. The first kappa shape index (κ1) is 16.2. The zero-order valence-electron chi connectivity index (χ0n) is 12.5. The molecule has 0 aromatic heterocycles. The van der Waals surface area contributed by atoms with Crippen molar-refractivity contribution in [2.75, 3.05) is 0 Å². The average Bonchev–Trinajstić information content (AvgIpc) is 2.49. The van der Waals surface area contributed by atoms with E-state index in [2.05, 4.69) is 48.8 Å². The minimum atomic E-state index is -0.749. The van der Waals surface area contributed by atoms with Crippen LogP contribution in [0.15, 0.2) is 46.9 Å². The fraction of sp³-hybridized carbons (Fsp3) is 0.333. The standard InChI is InChI=1S/C18H20BrFO/c1-4-18(2,3)14-8-5-12(6-9-14)17(21)13-7-10-16(20)15(19)11-13/h5-11,17,21H,4H2,1-3H3. The quantitative estimate of drug-likeness (QED) is 0.786. The third kappa shape index (κ3) is 3.53. The van der Waals surface area contributed by atoms with Crippen LogP contribution in [-0.2, 0) is 5.41 Å². The summed E-state index contributed by atoms with van der Waals surface area (Å²) in [5.74, 6) is -0.328. The average molecular weight is 351 g/mol. The molecule has 2 rings (SSSR count). The maximum Gasteiger partial charge on any atom is 0.137 e. The van der Waals surface area contributed by atoms with Gasteiger partial charge in [0, 0.05) is 0 Å². The summed E-state index contributed by atoms with van der Waals surface area (Å²) in [6.45, 7) is 6.57. The summed E-state index contributed by atoms with van der Waals surface area (Å²) in [5, 5.41) is 10.4. The second-order valence-electron chi connectivity index (χ2n) is 5.94. The maximum absolute atomic E-state index is 13.3. The molecular weight excluding hydrogens is 331 g/mol. The van der Waals surface area contributed by atoms with E-state index in [0.29, 0.717) is 10.0 Å². The molecule has 0 fully saturated rings. The minimum Gasteiger partial charge on any atom is -0.384 e. The van der Waals surface area contributed by atoms with Gasteiger partial charge in [-0.3, -0.25) is 0 Å². The Balaban J connectivity index is 2.27. The van der Waals surface area contributed by atoms with Crippen LogP contribution in [0.1, 0.15) is 50.0 Å². The smallest absolute Gasteiger partial charge is 0.137 e. The van der Waals surface area contributed by atoms with Crippen molar-refractivity contribution in [2.24, 2.45) is 0 Å². The topological polar surface area (TPSA) is 20.2 Å². The van der Waals surface area contributed by atoms with Crippen LogP contribution >= 0.6 is 15.9 Å². The number of rotatable bonds is 4. The molecule has 0 heterocycles. The normalized spacial score (nSPS) is 13.2. The van der Waals surface area contributed by atoms with Gasteiger partial charge < -0.3 is 5.11 Å². The van der Waals surface area contributed by atoms with Crippen LogP contribution in [0.2, 0.25) is 0 Å². The Hall–Kier alpha value is -1.19. The lowest BCUT2D eigenvalue weighted by molar-refractivity contribution is 0.220. The summed E-state index contributed by atoms with van der Waals surface area (Å²) in [4.78, 5) is 0. The van der Waals surface area contributed by atoms with Crippen LogP contribution in [0, 0.1) is 5.82 Å². The Morgan fingerprint density at radius 2 is 1.67 bits per heavy atom. The van der Waals surface area contributed by atoms with Gasteiger partial charge in [0.15, 0.2) is 0 Å². The van der Waals surface area contributed by atoms with Crippen LogP contribution in [0.25, 0.3) is 0 Å². The highest BCUT2D eigenvalue weighted by atomic mass is 79.9. The fourth-order valence-corrected chi connectivity index (χ4v) is 2.59. The molecule has 0 spiro atoms. The molecule has 1 N–H and O–H groups in total. The van der Waals surface area contributed by atoms with E-state index in [9.17, 15) is 9.50 Å². The lowest BCUT2D eigenvalue weighted by atomic mass is 9.82. The van der Waals surface area contributed by atoms with Crippen molar-refractivity contribution >= 4 is 15.9 Å². The Kier molecular flexibility index (Phi) is 4.84. The number of aliphatic hydroxyl groups excluding tert-OH is 1. The molecule has 1 atom stereocenters. The summed E-state index contributed by atoms with van der Waals surface area (Å²) in [6, 6.07) is 12.6. The van der Waals surface area contributed by atoms with E-state index in [-0.39, 0.29) is 11.2 Å². The van der Waals surface area contributed by atoms with Crippen molar-refractivity contribution in [3.63, 3.8) is 0 Å². The summed E-state index contributed by atoms with van der Waals surface area (Å²) in [5.41, 5.74) is 2.86. The molecule has 0 aliphatic heterocycles. The highest BCUT2D eigenvalue weighted by Gasteiger charge is 2.19. The highest BCUT2D eigenvalue weighted by Crippen LogP contribution is 2.30. The summed E-state index contributed by atoms with van der Waals surface area (Å²) < 4.78 is 13.6. The Morgan fingerprint density at radius 1 is 1.10 bits per heavy atom. The van der Waals surface area contributed by atoms with Gasteiger partial charge >= 0.3 is 0 Å². The Labute approximate surface area is 134 Å². The fourth-order valence-electron chi connectivity index (χ4n) is 2.20. The van der Waals surface area contributed by atoms with E-state index in [1.165, 1.54) is 11.6 Å². The van der Waals surface area contributed by atoms with Crippen LogP contribution in [-0.4, -0.2) is 5.11 Å². The van der Waals surface area contributed by atoms with Gasteiger partial charge in [-0.05, 0) is 56.6 Å². The predicted octanol–water partition coefficient (Wildman–Crippen LogP) is 5.36. The Bertz CT molecular complexity index is 620. The first-order chi connectivity index (χ1) is 9.85. The van der Waals surface area contributed by atoms with Crippen molar-refractivity contribution in [1.29, 1.82) is 0 Å². The van der Waals surface area contributed by atoms with E-state index in [0.717, 1.165) is 12.0 Å². The first-order valence-corrected chi connectivity index (χ1v) is 7.88. The van der Waals surface area contributed by atoms with Crippen molar-refractivity contribution in [3.8, 4) is 0 Å². The molecule has 0 aliphatic rings. The second kappa shape index (κ2) is 6.29. The highest BCUT2D eigenvalue weighted by molar-refractivity contribution is 9.10. The van der Waals surface area contributed by atoms with Crippen LogP contribution in [0.4, 0.5) is 4.39 Å². The summed E-state index contributed by atoms with van der Waals surface area (Å²) >= 11 is 3.15. The summed E-state index contributed by atoms with van der Waals surface area (Å²) in [7, 11) is 0. The van der Waals surface area contributed by atoms with Gasteiger partial charge in [-0.15, -0.1) is 0 Å².